The predicted octanol–water partition coefficient (Wildman–Crippen LogP) is 3.51. The first-order valence-corrected chi connectivity index (χ1v) is 14.5. The van der Waals surface area contributed by atoms with E-state index in [-0.39, 0.29) is 57.4 Å². The topological polar surface area (TPSA) is 122 Å². The van der Waals surface area contributed by atoms with Crippen LogP contribution in [0.3, 0.4) is 0 Å². The lowest BCUT2D eigenvalue weighted by molar-refractivity contribution is -0.138. The molecular formula is C26H32ClF3N4O4S. The van der Waals surface area contributed by atoms with E-state index in [1.165, 1.54) is 37.3 Å². The summed E-state index contributed by atoms with van der Waals surface area (Å²) in [5.41, 5.74) is 4.69. The third kappa shape index (κ3) is 8.17. The van der Waals surface area contributed by atoms with Crippen LogP contribution in [0.15, 0.2) is 41.3 Å². The zero-order chi connectivity index (χ0) is 29.0. The summed E-state index contributed by atoms with van der Waals surface area (Å²) < 4.78 is 66.8. The van der Waals surface area contributed by atoms with Crippen molar-refractivity contribution in [2.24, 2.45) is 5.73 Å². The van der Waals surface area contributed by atoms with E-state index in [0.717, 1.165) is 6.07 Å². The van der Waals surface area contributed by atoms with Gasteiger partial charge in [-0.2, -0.15) is 13.2 Å². The number of carbonyl (C=O) groups is 2. The van der Waals surface area contributed by atoms with Crippen LogP contribution in [0.5, 0.6) is 0 Å². The highest BCUT2D eigenvalue weighted by Crippen LogP contribution is 2.34. The van der Waals surface area contributed by atoms with Crippen molar-refractivity contribution in [3.05, 3.63) is 63.7 Å². The number of sulfone groups is 1. The maximum Gasteiger partial charge on any atom is 0.416 e. The molecule has 0 aliphatic carbocycles. The van der Waals surface area contributed by atoms with Gasteiger partial charge in [-0.05, 0) is 67.8 Å². The molecule has 1 fully saturated rings. The maximum atomic E-state index is 14.0. The lowest BCUT2D eigenvalue weighted by atomic mass is 10.00. The molecule has 1 heterocycles. The minimum atomic E-state index is -4.71. The van der Waals surface area contributed by atoms with E-state index in [4.69, 9.17) is 17.3 Å². The minimum Gasteiger partial charge on any atom is -0.351 e. The Morgan fingerprint density at radius 3 is 2.54 bits per heavy atom. The number of hydrogen-bond acceptors (Lipinski definition) is 6. The number of piperidine rings is 1. The first kappa shape index (κ1) is 30.9. The largest absolute Gasteiger partial charge is 0.416 e. The van der Waals surface area contributed by atoms with Gasteiger partial charge in [-0.15, -0.1) is 0 Å². The molecule has 0 spiro atoms. The van der Waals surface area contributed by atoms with Gasteiger partial charge in [-0.3, -0.25) is 14.5 Å². The predicted molar refractivity (Wildman–Crippen MR) is 142 cm³/mol. The Kier molecular flexibility index (Phi) is 10.0. The number of likely N-dealkylation sites (tertiary alicyclic amines) is 1. The Morgan fingerprint density at radius 1 is 1.18 bits per heavy atom. The number of alkyl halides is 3. The van der Waals surface area contributed by atoms with Crippen molar-refractivity contribution in [3.63, 3.8) is 0 Å². The summed E-state index contributed by atoms with van der Waals surface area (Å²) >= 11 is 6.00. The van der Waals surface area contributed by atoms with Gasteiger partial charge in [-0.1, -0.05) is 24.6 Å². The van der Waals surface area contributed by atoms with Crippen molar-refractivity contribution in [1.82, 2.24) is 15.5 Å². The van der Waals surface area contributed by atoms with Crippen molar-refractivity contribution in [2.45, 2.75) is 62.9 Å². The van der Waals surface area contributed by atoms with E-state index in [2.05, 4.69) is 10.6 Å². The molecule has 0 bridgehead atoms. The summed E-state index contributed by atoms with van der Waals surface area (Å²) in [4.78, 5) is 26.5. The van der Waals surface area contributed by atoms with Crippen molar-refractivity contribution < 1.29 is 31.2 Å². The van der Waals surface area contributed by atoms with Gasteiger partial charge in [0.2, 0.25) is 5.91 Å². The highest BCUT2D eigenvalue weighted by molar-refractivity contribution is 7.91. The number of nitrogens with one attached hydrogen (secondary N) is 2. The molecule has 0 radical (unpaired) electrons. The number of rotatable bonds is 9. The Hall–Kier alpha value is -2.67. The average molecular weight is 589 g/mol. The second-order valence-electron chi connectivity index (χ2n) is 9.58. The maximum absolute atomic E-state index is 14.0. The number of benzene rings is 2. The molecule has 2 amide bonds. The Labute approximate surface area is 231 Å². The van der Waals surface area contributed by atoms with Crippen LogP contribution in [0.2, 0.25) is 5.02 Å². The van der Waals surface area contributed by atoms with E-state index < -0.39 is 33.5 Å². The summed E-state index contributed by atoms with van der Waals surface area (Å²) in [5.74, 6) is -1.27. The number of hydrogen-bond donors (Lipinski definition) is 3. The molecule has 2 aromatic carbocycles. The number of nitrogens with two attached hydrogens (primary N) is 1. The zero-order valence-electron chi connectivity index (χ0n) is 21.6. The fourth-order valence-corrected chi connectivity index (χ4v) is 5.74. The van der Waals surface area contributed by atoms with Gasteiger partial charge in [0.25, 0.3) is 5.91 Å². The number of amides is 2. The molecular weight excluding hydrogens is 557 g/mol. The molecule has 39 heavy (non-hydrogen) atoms. The van der Waals surface area contributed by atoms with Crippen LogP contribution in [0.25, 0.3) is 0 Å². The van der Waals surface area contributed by atoms with Crippen molar-refractivity contribution >= 4 is 33.3 Å². The molecule has 0 aromatic heterocycles. The Bertz CT molecular complexity index is 1320. The molecule has 1 saturated heterocycles. The van der Waals surface area contributed by atoms with E-state index in [9.17, 15) is 31.2 Å². The summed E-state index contributed by atoms with van der Waals surface area (Å²) in [6.07, 6.45) is -3.31. The van der Waals surface area contributed by atoms with Gasteiger partial charge in [-0.25, -0.2) is 8.42 Å². The summed E-state index contributed by atoms with van der Waals surface area (Å²) in [7, 11) is -3.61. The lowest BCUT2D eigenvalue weighted by Gasteiger charge is -2.34. The Morgan fingerprint density at radius 2 is 1.90 bits per heavy atom. The van der Waals surface area contributed by atoms with Crippen LogP contribution in [0.1, 0.15) is 53.7 Å². The first-order valence-electron chi connectivity index (χ1n) is 12.5. The third-order valence-corrected chi connectivity index (χ3v) is 8.58. The van der Waals surface area contributed by atoms with E-state index >= 15 is 0 Å². The van der Waals surface area contributed by atoms with Crippen LogP contribution in [0.4, 0.5) is 13.2 Å². The molecule has 2 atom stereocenters. The van der Waals surface area contributed by atoms with Crippen LogP contribution in [0, 0.1) is 0 Å². The zero-order valence-corrected chi connectivity index (χ0v) is 23.2. The molecule has 4 N–H and O–H groups in total. The average Bonchev–Trinajstić information content (AvgIpc) is 2.87. The van der Waals surface area contributed by atoms with Crippen LogP contribution < -0.4 is 16.4 Å². The third-order valence-electron chi connectivity index (χ3n) is 6.51. The van der Waals surface area contributed by atoms with Crippen LogP contribution in [-0.2, 0) is 33.9 Å². The van der Waals surface area contributed by atoms with Gasteiger partial charge in [0.1, 0.15) is 0 Å². The molecule has 214 valence electrons. The summed E-state index contributed by atoms with van der Waals surface area (Å²) in [6, 6.07) is 6.63. The number of halogens is 4. The normalized spacial score (nSPS) is 17.5. The Balaban J connectivity index is 1.77. The second-order valence-corrected chi connectivity index (χ2v) is 12.3. The van der Waals surface area contributed by atoms with Gasteiger partial charge in [0, 0.05) is 36.3 Å². The van der Waals surface area contributed by atoms with Crippen molar-refractivity contribution in [2.75, 3.05) is 18.8 Å². The van der Waals surface area contributed by atoms with E-state index in [1.54, 1.807) is 6.92 Å². The van der Waals surface area contributed by atoms with Gasteiger partial charge in [0.15, 0.2) is 9.84 Å². The molecule has 13 heteroatoms. The van der Waals surface area contributed by atoms with Gasteiger partial charge in [0.05, 0.1) is 22.3 Å². The summed E-state index contributed by atoms with van der Waals surface area (Å²) in [6.45, 7) is 3.73. The van der Waals surface area contributed by atoms with Crippen molar-refractivity contribution in [1.29, 1.82) is 0 Å². The highest BCUT2D eigenvalue weighted by atomic mass is 35.5. The van der Waals surface area contributed by atoms with Gasteiger partial charge >= 0.3 is 6.18 Å². The molecule has 1 aliphatic rings. The molecule has 8 nitrogen and oxygen atoms in total. The van der Waals surface area contributed by atoms with E-state index in [0.29, 0.717) is 25.9 Å². The minimum absolute atomic E-state index is 0.00188. The van der Waals surface area contributed by atoms with Crippen molar-refractivity contribution in [3.8, 4) is 0 Å². The van der Waals surface area contributed by atoms with Crippen LogP contribution >= 0.6 is 11.6 Å². The smallest absolute Gasteiger partial charge is 0.351 e. The summed E-state index contributed by atoms with van der Waals surface area (Å²) in [5, 5.41) is 5.58. The molecule has 1 aliphatic heterocycles. The fourth-order valence-electron chi connectivity index (χ4n) is 4.43. The lowest BCUT2D eigenvalue weighted by Crippen LogP contribution is -2.51. The van der Waals surface area contributed by atoms with E-state index in [1.807, 2.05) is 4.90 Å². The SMILES string of the molecule is CCS(=O)(=O)c1ccc(Cl)cc1CNC(=O)c1ccc(CN2CCC[C@H](NC(=O)C(C)N)C2)c(C(F)(F)F)c1. The second kappa shape index (κ2) is 12.7. The van der Waals surface area contributed by atoms with Crippen LogP contribution in [-0.4, -0.2) is 56.1 Å². The standard InChI is InChI=1S/C26H32ClF3N4O4S/c1-3-39(37,38)23-9-8-20(27)11-19(23)13-32-25(36)17-6-7-18(22(12-17)26(28,29)30)14-34-10-4-5-21(15-34)33-24(35)16(2)31/h6-9,11-12,16,21H,3-5,10,13-15,31H2,1-2H3,(H,32,36)(H,33,35)/t16?,21-/m0/s1. The molecule has 3 rings (SSSR count). The fraction of sp³-hybridized carbons (Fsp3) is 0.462. The quantitative estimate of drug-likeness (QED) is 0.412. The monoisotopic (exact) mass is 588 g/mol. The molecule has 1 unspecified atom stereocenters. The number of nitrogens with zero attached hydrogens (tertiary/aromatic N) is 1. The molecule has 0 saturated carbocycles. The number of carbonyl (C=O) groups excluding carboxylic acids is 2. The molecule has 2 aromatic rings. The van der Waals surface area contributed by atoms with Gasteiger partial charge < -0.3 is 16.4 Å². The first-order chi connectivity index (χ1) is 18.2. The highest BCUT2D eigenvalue weighted by Gasteiger charge is 2.35.